The molecule has 1 aliphatic rings. The van der Waals surface area contributed by atoms with E-state index in [4.69, 9.17) is 16.3 Å². The third kappa shape index (κ3) is 4.77. The molecule has 0 unspecified atom stereocenters. The van der Waals surface area contributed by atoms with Crippen molar-refractivity contribution in [1.29, 1.82) is 5.26 Å². The summed E-state index contributed by atoms with van der Waals surface area (Å²) in [7, 11) is 2.07. The molecule has 0 saturated carbocycles. The van der Waals surface area contributed by atoms with Gasteiger partial charge in [-0.2, -0.15) is 5.26 Å². The molecule has 5 heterocycles. The molecule has 0 N–H and O–H groups in total. The van der Waals surface area contributed by atoms with Crippen molar-refractivity contribution in [1.82, 2.24) is 24.4 Å². The average molecular weight is 572 g/mol. The highest BCUT2D eigenvalue weighted by Crippen LogP contribution is 2.38. The number of anilines is 1. The Hall–Kier alpha value is -4.04. The summed E-state index contributed by atoms with van der Waals surface area (Å²) in [6, 6.07) is 11.7. The standard InChI is InChI=1S/C29H26ClN7O2S/c1-18-34-24-17-33-28(36-10-8-35(2)9-11-36)22(16-31)26(24)29(38)37(18)12-13-39-25-4-3-19(30)15-21(25)20-5-7-32-23-6-14-40-27(20)23/h3-7,14-15,17H,8-13H2,1-2H3. The number of ether oxygens (including phenoxy) is 1. The Balaban J connectivity index is 1.31. The number of aryl methyl sites for hydroxylation is 1. The Bertz CT molecular complexity index is 1840. The fourth-order valence-corrected chi connectivity index (χ4v) is 6.16. The number of hydrogen-bond donors (Lipinski definition) is 0. The number of benzene rings is 1. The molecule has 0 aliphatic carbocycles. The number of rotatable bonds is 6. The summed E-state index contributed by atoms with van der Waals surface area (Å²) >= 11 is 7.98. The van der Waals surface area contributed by atoms with E-state index in [0.29, 0.717) is 33.3 Å². The van der Waals surface area contributed by atoms with Gasteiger partial charge in [0.05, 0.1) is 33.9 Å². The molecule has 6 rings (SSSR count). The Morgan fingerprint density at radius 3 is 2.73 bits per heavy atom. The Kier molecular flexibility index (Phi) is 7.11. The monoisotopic (exact) mass is 571 g/mol. The summed E-state index contributed by atoms with van der Waals surface area (Å²) in [4.78, 5) is 31.6. The van der Waals surface area contributed by atoms with Crippen LogP contribution in [0.1, 0.15) is 11.4 Å². The van der Waals surface area contributed by atoms with E-state index < -0.39 is 0 Å². The van der Waals surface area contributed by atoms with Crippen molar-refractivity contribution in [2.45, 2.75) is 13.5 Å². The van der Waals surface area contributed by atoms with Gasteiger partial charge in [0.1, 0.15) is 35.6 Å². The van der Waals surface area contributed by atoms with Gasteiger partial charge in [-0.1, -0.05) is 11.6 Å². The van der Waals surface area contributed by atoms with Crippen LogP contribution >= 0.6 is 22.9 Å². The minimum Gasteiger partial charge on any atom is -0.491 e. The molecule has 0 radical (unpaired) electrons. The Morgan fingerprint density at radius 2 is 1.93 bits per heavy atom. The third-order valence-corrected chi connectivity index (χ3v) is 8.41. The van der Waals surface area contributed by atoms with Gasteiger partial charge in [0.25, 0.3) is 5.56 Å². The van der Waals surface area contributed by atoms with Gasteiger partial charge in [-0.3, -0.25) is 14.3 Å². The second-order valence-corrected chi connectivity index (χ2v) is 11.1. The smallest absolute Gasteiger partial charge is 0.263 e. The molecule has 0 bridgehead atoms. The van der Waals surface area contributed by atoms with Crippen molar-refractivity contribution in [2.75, 3.05) is 44.7 Å². The Labute approximate surface area is 239 Å². The molecule has 9 nitrogen and oxygen atoms in total. The first kappa shape index (κ1) is 26.2. The van der Waals surface area contributed by atoms with Crippen LogP contribution in [-0.4, -0.2) is 64.3 Å². The summed E-state index contributed by atoms with van der Waals surface area (Å²) in [5, 5.41) is 13.0. The van der Waals surface area contributed by atoms with E-state index in [2.05, 4.69) is 37.9 Å². The minimum atomic E-state index is -0.272. The van der Waals surface area contributed by atoms with E-state index in [-0.39, 0.29) is 24.3 Å². The number of nitrogens with zero attached hydrogens (tertiary/aromatic N) is 7. The van der Waals surface area contributed by atoms with Crippen LogP contribution in [0.2, 0.25) is 5.02 Å². The molecular formula is C29H26ClN7O2S. The lowest BCUT2D eigenvalue weighted by atomic mass is 10.1. The fraction of sp³-hybridized carbons (Fsp3) is 0.276. The van der Waals surface area contributed by atoms with Gasteiger partial charge in [-0.05, 0) is 49.7 Å². The SMILES string of the molecule is Cc1nc2cnc(N3CCN(C)CC3)c(C#N)c2c(=O)n1CCOc1ccc(Cl)cc1-c1ccnc2ccsc12. The lowest BCUT2D eigenvalue weighted by Crippen LogP contribution is -2.45. The zero-order chi connectivity index (χ0) is 27.8. The van der Waals surface area contributed by atoms with E-state index in [1.165, 1.54) is 0 Å². The average Bonchev–Trinajstić information content (AvgIpc) is 3.44. The van der Waals surface area contributed by atoms with E-state index in [9.17, 15) is 10.1 Å². The van der Waals surface area contributed by atoms with Crippen LogP contribution < -0.4 is 15.2 Å². The molecule has 202 valence electrons. The number of pyridine rings is 2. The number of halogens is 1. The van der Waals surface area contributed by atoms with Gasteiger partial charge in [-0.25, -0.2) is 9.97 Å². The zero-order valence-electron chi connectivity index (χ0n) is 22.1. The molecule has 11 heteroatoms. The van der Waals surface area contributed by atoms with Crippen LogP contribution in [0, 0.1) is 18.3 Å². The highest BCUT2D eigenvalue weighted by molar-refractivity contribution is 7.17. The largest absolute Gasteiger partial charge is 0.491 e. The van der Waals surface area contributed by atoms with E-state index >= 15 is 0 Å². The van der Waals surface area contributed by atoms with Crippen LogP contribution in [-0.2, 0) is 6.54 Å². The minimum absolute atomic E-state index is 0.222. The van der Waals surface area contributed by atoms with E-state index in [1.54, 1.807) is 41.3 Å². The van der Waals surface area contributed by atoms with Crippen molar-refractivity contribution in [3.05, 3.63) is 74.9 Å². The third-order valence-electron chi connectivity index (χ3n) is 7.23. The lowest BCUT2D eigenvalue weighted by molar-refractivity contribution is 0.295. The Morgan fingerprint density at radius 1 is 1.10 bits per heavy atom. The van der Waals surface area contributed by atoms with Crippen molar-refractivity contribution in [3.63, 3.8) is 0 Å². The molecule has 1 aliphatic heterocycles. The number of nitriles is 1. The molecule has 1 fully saturated rings. The first-order valence-electron chi connectivity index (χ1n) is 12.9. The van der Waals surface area contributed by atoms with Crippen LogP contribution in [0.3, 0.4) is 0 Å². The van der Waals surface area contributed by atoms with Gasteiger partial charge in [-0.15, -0.1) is 11.3 Å². The summed E-state index contributed by atoms with van der Waals surface area (Å²) < 4.78 is 8.85. The van der Waals surface area contributed by atoms with Gasteiger partial charge < -0.3 is 14.5 Å². The van der Waals surface area contributed by atoms with E-state index in [0.717, 1.165) is 47.5 Å². The molecule has 40 heavy (non-hydrogen) atoms. The topological polar surface area (TPSA) is 100 Å². The van der Waals surface area contributed by atoms with Crippen LogP contribution in [0.25, 0.3) is 32.2 Å². The number of fused-ring (bicyclic) bond motifs is 2. The lowest BCUT2D eigenvalue weighted by Gasteiger charge is -2.33. The number of aromatic nitrogens is 4. The molecular weight excluding hydrogens is 546 g/mol. The predicted octanol–water partition coefficient (Wildman–Crippen LogP) is 4.73. The zero-order valence-corrected chi connectivity index (χ0v) is 23.7. The summed E-state index contributed by atoms with van der Waals surface area (Å²) in [6.07, 6.45) is 3.37. The molecule has 0 spiro atoms. The van der Waals surface area contributed by atoms with Gasteiger partial charge in [0.2, 0.25) is 0 Å². The molecule has 4 aromatic heterocycles. The fourth-order valence-electron chi connectivity index (χ4n) is 5.11. The summed E-state index contributed by atoms with van der Waals surface area (Å²) in [5.41, 5.74) is 3.18. The van der Waals surface area contributed by atoms with Crippen molar-refractivity contribution >= 4 is 49.9 Å². The molecule has 5 aromatic rings. The molecule has 1 aromatic carbocycles. The highest BCUT2D eigenvalue weighted by atomic mass is 35.5. The normalized spacial score (nSPS) is 14.1. The van der Waals surface area contributed by atoms with Crippen molar-refractivity contribution in [2.24, 2.45) is 0 Å². The molecule has 0 atom stereocenters. The summed E-state index contributed by atoms with van der Waals surface area (Å²) in [5.74, 6) is 1.73. The molecule has 1 saturated heterocycles. The second kappa shape index (κ2) is 10.8. The summed E-state index contributed by atoms with van der Waals surface area (Å²) in [6.45, 7) is 5.47. The quantitative estimate of drug-likeness (QED) is 0.288. The van der Waals surface area contributed by atoms with Crippen LogP contribution in [0.5, 0.6) is 5.75 Å². The van der Waals surface area contributed by atoms with Crippen molar-refractivity contribution in [3.8, 4) is 22.9 Å². The maximum absolute atomic E-state index is 13.7. The van der Waals surface area contributed by atoms with Crippen LogP contribution in [0.4, 0.5) is 5.82 Å². The van der Waals surface area contributed by atoms with E-state index in [1.807, 2.05) is 29.6 Å². The maximum atomic E-state index is 13.7. The number of likely N-dealkylation sites (N-methyl/N-ethyl adjacent to an activating group) is 1. The second-order valence-electron chi connectivity index (χ2n) is 9.72. The number of hydrogen-bond acceptors (Lipinski definition) is 9. The number of piperazine rings is 1. The van der Waals surface area contributed by atoms with Gasteiger partial charge in [0.15, 0.2) is 0 Å². The first-order valence-corrected chi connectivity index (χ1v) is 14.2. The van der Waals surface area contributed by atoms with Gasteiger partial charge in [0, 0.05) is 48.5 Å². The maximum Gasteiger partial charge on any atom is 0.263 e. The van der Waals surface area contributed by atoms with Gasteiger partial charge >= 0.3 is 0 Å². The number of thiophene rings is 1. The highest BCUT2D eigenvalue weighted by Gasteiger charge is 2.23. The van der Waals surface area contributed by atoms with Crippen LogP contribution in [0.15, 0.2) is 52.9 Å². The van der Waals surface area contributed by atoms with Crippen molar-refractivity contribution < 1.29 is 4.74 Å². The predicted molar refractivity (Wildman–Crippen MR) is 159 cm³/mol. The first-order chi connectivity index (χ1) is 19.4. The molecule has 0 amide bonds.